The predicted octanol–water partition coefficient (Wildman–Crippen LogP) is 6.20. The van der Waals surface area contributed by atoms with Gasteiger partial charge < -0.3 is 4.74 Å². The molecule has 0 aromatic heterocycles. The summed E-state index contributed by atoms with van der Waals surface area (Å²) in [5.41, 5.74) is 2.15. The highest BCUT2D eigenvalue weighted by Crippen LogP contribution is 2.36. The van der Waals surface area contributed by atoms with Gasteiger partial charge in [-0.25, -0.2) is 9.69 Å². The van der Waals surface area contributed by atoms with Gasteiger partial charge in [0.1, 0.15) is 17.9 Å². The summed E-state index contributed by atoms with van der Waals surface area (Å²) in [6, 6.07) is 16.2. The number of benzene rings is 3. The minimum atomic E-state index is -0.903. The van der Waals surface area contributed by atoms with E-state index in [9.17, 15) is 14.4 Å². The van der Waals surface area contributed by atoms with E-state index in [2.05, 4.69) is 5.32 Å². The molecule has 1 heterocycles. The van der Waals surface area contributed by atoms with Crippen LogP contribution in [-0.2, 0) is 16.2 Å². The number of hydrogen-bond donors (Lipinski definition) is 1. The molecular weight excluding hydrogens is 499 g/mol. The molecule has 4 rings (SSSR count). The molecule has 1 saturated heterocycles. The van der Waals surface area contributed by atoms with Crippen LogP contribution in [0.3, 0.4) is 0 Å². The van der Waals surface area contributed by atoms with Crippen LogP contribution in [0.25, 0.3) is 6.08 Å². The molecule has 172 valence electrons. The van der Waals surface area contributed by atoms with Crippen molar-refractivity contribution in [2.75, 3.05) is 4.90 Å². The standard InChI is InChI=1S/C25H17Cl3N2O4/c1-14-6-8-15(9-7-14)13-34-22-16(10-17(26)12-20(22)28)11-18-23(31)29-25(33)30(24(18)32)21-5-3-2-4-19(21)27/h2-12H,13H2,1H3,(H,29,31,33)/b18-11+. The Kier molecular flexibility index (Phi) is 6.93. The predicted molar refractivity (Wildman–Crippen MR) is 132 cm³/mol. The van der Waals surface area contributed by atoms with Crippen LogP contribution in [0.15, 0.2) is 66.2 Å². The lowest BCUT2D eigenvalue weighted by Gasteiger charge is -2.27. The van der Waals surface area contributed by atoms with Crippen molar-refractivity contribution in [3.8, 4) is 5.75 Å². The van der Waals surface area contributed by atoms with Crippen molar-refractivity contribution in [3.05, 3.63) is 98.0 Å². The van der Waals surface area contributed by atoms with Gasteiger partial charge in [0.2, 0.25) is 0 Å². The van der Waals surface area contributed by atoms with Gasteiger partial charge in [-0.1, -0.05) is 76.8 Å². The lowest BCUT2D eigenvalue weighted by Crippen LogP contribution is -2.54. The molecular formula is C25H17Cl3N2O4. The van der Waals surface area contributed by atoms with Gasteiger partial charge in [-0.15, -0.1) is 0 Å². The molecule has 1 N–H and O–H groups in total. The average molecular weight is 516 g/mol. The van der Waals surface area contributed by atoms with E-state index in [1.807, 2.05) is 31.2 Å². The number of nitrogens with zero attached hydrogens (tertiary/aromatic N) is 1. The van der Waals surface area contributed by atoms with Crippen molar-refractivity contribution in [1.29, 1.82) is 0 Å². The lowest BCUT2D eigenvalue weighted by atomic mass is 10.1. The van der Waals surface area contributed by atoms with Crippen molar-refractivity contribution in [3.63, 3.8) is 0 Å². The number of anilines is 1. The first-order chi connectivity index (χ1) is 16.2. The molecule has 3 aromatic carbocycles. The zero-order valence-corrected chi connectivity index (χ0v) is 20.0. The summed E-state index contributed by atoms with van der Waals surface area (Å²) in [5, 5.41) is 2.82. The fourth-order valence-electron chi connectivity index (χ4n) is 3.34. The van der Waals surface area contributed by atoms with Crippen molar-refractivity contribution in [2.45, 2.75) is 13.5 Å². The summed E-state index contributed by atoms with van der Waals surface area (Å²) in [7, 11) is 0. The number of rotatable bonds is 5. The van der Waals surface area contributed by atoms with Crippen molar-refractivity contribution in [1.82, 2.24) is 5.32 Å². The van der Waals surface area contributed by atoms with Crippen LogP contribution >= 0.6 is 34.8 Å². The second-order valence-corrected chi connectivity index (χ2v) is 8.74. The molecule has 0 aliphatic carbocycles. The molecule has 3 aromatic rings. The summed E-state index contributed by atoms with van der Waals surface area (Å²) in [6.45, 7) is 2.18. The first kappa shape index (κ1) is 23.8. The number of barbiturate groups is 1. The molecule has 6 nitrogen and oxygen atoms in total. The van der Waals surface area contributed by atoms with Gasteiger partial charge in [0.25, 0.3) is 11.8 Å². The van der Waals surface area contributed by atoms with E-state index in [1.54, 1.807) is 12.1 Å². The lowest BCUT2D eigenvalue weighted by molar-refractivity contribution is -0.122. The third-order valence-corrected chi connectivity index (χ3v) is 5.85. The number of carbonyl (C=O) groups is 3. The Morgan fingerprint density at radius 3 is 2.35 bits per heavy atom. The largest absolute Gasteiger partial charge is 0.487 e. The van der Waals surface area contributed by atoms with Gasteiger partial charge in [0.05, 0.1) is 15.7 Å². The first-order valence-corrected chi connectivity index (χ1v) is 11.2. The Hall–Kier alpha value is -3.32. The first-order valence-electron chi connectivity index (χ1n) is 10.1. The molecule has 4 amide bonds. The highest BCUT2D eigenvalue weighted by atomic mass is 35.5. The number of hydrogen-bond acceptors (Lipinski definition) is 4. The number of ether oxygens (including phenoxy) is 1. The Labute approximate surface area is 210 Å². The van der Waals surface area contributed by atoms with Crippen LogP contribution in [0.4, 0.5) is 10.5 Å². The highest BCUT2D eigenvalue weighted by molar-refractivity contribution is 6.42. The van der Waals surface area contributed by atoms with Crippen LogP contribution in [-0.4, -0.2) is 17.8 Å². The zero-order chi connectivity index (χ0) is 24.4. The minimum Gasteiger partial charge on any atom is -0.487 e. The van der Waals surface area contributed by atoms with Crippen LogP contribution < -0.4 is 15.0 Å². The topological polar surface area (TPSA) is 75.7 Å². The van der Waals surface area contributed by atoms with Gasteiger partial charge in [-0.05, 0) is 42.8 Å². The van der Waals surface area contributed by atoms with E-state index in [0.29, 0.717) is 5.56 Å². The molecule has 34 heavy (non-hydrogen) atoms. The minimum absolute atomic E-state index is 0.144. The van der Waals surface area contributed by atoms with E-state index in [-0.39, 0.29) is 38.7 Å². The molecule has 0 unspecified atom stereocenters. The Bertz CT molecular complexity index is 1340. The van der Waals surface area contributed by atoms with E-state index in [4.69, 9.17) is 39.5 Å². The van der Waals surface area contributed by atoms with Crippen LogP contribution in [0.2, 0.25) is 15.1 Å². The van der Waals surface area contributed by atoms with Crippen LogP contribution in [0, 0.1) is 6.92 Å². The number of para-hydroxylation sites is 1. The second-order valence-electron chi connectivity index (χ2n) is 7.49. The van der Waals surface area contributed by atoms with E-state index >= 15 is 0 Å². The molecule has 0 atom stereocenters. The Morgan fingerprint density at radius 2 is 1.65 bits per heavy atom. The van der Waals surface area contributed by atoms with Crippen molar-refractivity contribution in [2.24, 2.45) is 0 Å². The third kappa shape index (κ3) is 4.94. The maximum Gasteiger partial charge on any atom is 0.335 e. The summed E-state index contributed by atoms with van der Waals surface area (Å²) >= 11 is 18.7. The quantitative estimate of drug-likeness (QED) is 0.324. The third-order valence-electron chi connectivity index (χ3n) is 5.04. The zero-order valence-electron chi connectivity index (χ0n) is 17.8. The Balaban J connectivity index is 1.72. The molecule has 0 bridgehead atoms. The molecule has 0 saturated carbocycles. The van der Waals surface area contributed by atoms with Crippen molar-refractivity contribution >= 4 is 64.4 Å². The summed E-state index contributed by atoms with van der Waals surface area (Å²) in [4.78, 5) is 39.0. The summed E-state index contributed by atoms with van der Waals surface area (Å²) < 4.78 is 5.93. The van der Waals surface area contributed by atoms with Gasteiger partial charge in [0.15, 0.2) is 0 Å². The molecule has 1 aliphatic rings. The van der Waals surface area contributed by atoms with E-state index < -0.39 is 17.8 Å². The molecule has 1 aliphatic heterocycles. The van der Waals surface area contributed by atoms with Gasteiger partial charge in [-0.3, -0.25) is 14.9 Å². The number of halogens is 3. The second kappa shape index (κ2) is 9.89. The average Bonchev–Trinajstić information content (AvgIpc) is 2.78. The van der Waals surface area contributed by atoms with Gasteiger partial charge in [-0.2, -0.15) is 0 Å². The normalized spacial score (nSPS) is 15.0. The maximum absolute atomic E-state index is 13.2. The molecule has 0 radical (unpaired) electrons. The number of aryl methyl sites for hydroxylation is 1. The van der Waals surface area contributed by atoms with Crippen LogP contribution in [0.1, 0.15) is 16.7 Å². The fraction of sp³-hybridized carbons (Fsp3) is 0.0800. The number of imide groups is 2. The van der Waals surface area contributed by atoms with Gasteiger partial charge in [0, 0.05) is 10.6 Å². The number of carbonyl (C=O) groups excluding carboxylic acids is 3. The molecule has 1 fully saturated rings. The van der Waals surface area contributed by atoms with Gasteiger partial charge >= 0.3 is 6.03 Å². The highest BCUT2D eigenvalue weighted by Gasteiger charge is 2.37. The Morgan fingerprint density at radius 1 is 0.941 bits per heavy atom. The maximum atomic E-state index is 13.2. The van der Waals surface area contributed by atoms with E-state index in [1.165, 1.54) is 30.3 Å². The molecule has 0 spiro atoms. The number of nitrogens with one attached hydrogen (secondary N) is 1. The van der Waals surface area contributed by atoms with Crippen LogP contribution in [0.5, 0.6) is 5.75 Å². The smallest absolute Gasteiger partial charge is 0.335 e. The fourth-order valence-corrected chi connectivity index (χ4v) is 4.13. The summed E-state index contributed by atoms with van der Waals surface area (Å²) in [6.07, 6.45) is 1.29. The van der Waals surface area contributed by atoms with Crippen molar-refractivity contribution < 1.29 is 19.1 Å². The van der Waals surface area contributed by atoms with E-state index in [0.717, 1.165) is 16.0 Å². The summed E-state index contributed by atoms with van der Waals surface area (Å²) in [5.74, 6) is -1.47. The monoisotopic (exact) mass is 514 g/mol. The SMILES string of the molecule is Cc1ccc(COc2c(Cl)cc(Cl)cc2/C=C2\C(=O)NC(=O)N(c3ccccc3Cl)C2=O)cc1. The number of urea groups is 1. The molecule has 9 heteroatoms. The number of amides is 4.